The second-order valence-electron chi connectivity index (χ2n) is 4.54. The third-order valence-corrected chi connectivity index (χ3v) is 4.29. The van der Waals surface area contributed by atoms with Gasteiger partial charge in [-0.25, -0.2) is 0 Å². The molecule has 5 heteroatoms. The van der Waals surface area contributed by atoms with Crippen LogP contribution in [0.3, 0.4) is 0 Å². The first-order chi connectivity index (χ1) is 7.81. The molecule has 0 aliphatic heterocycles. The van der Waals surface area contributed by atoms with Gasteiger partial charge in [0.15, 0.2) is 0 Å². The van der Waals surface area contributed by atoms with Gasteiger partial charge in [-0.05, 0) is 31.5 Å². The Balaban J connectivity index is 2.62. The molecule has 1 atom stereocenters. The van der Waals surface area contributed by atoms with Crippen molar-refractivity contribution in [2.45, 2.75) is 19.6 Å². The first kappa shape index (κ1) is 14.2. The highest BCUT2D eigenvalue weighted by atomic mass is 35.5. The molecule has 0 aromatic heterocycles. The normalized spacial score (nSPS) is 13.4. The quantitative estimate of drug-likeness (QED) is 0.898. The number of carbonyl (C=O) groups is 1. The van der Waals surface area contributed by atoms with E-state index in [0.29, 0.717) is 10.8 Å². The highest BCUT2D eigenvalue weighted by Gasteiger charge is 2.29. The smallest absolute Gasteiger partial charge is 0.310 e. The molecule has 1 aromatic carbocycles. The van der Waals surface area contributed by atoms with Gasteiger partial charge in [0.25, 0.3) is 0 Å². The van der Waals surface area contributed by atoms with Gasteiger partial charge in [-0.3, -0.25) is 9.00 Å². The maximum absolute atomic E-state index is 11.8. The molecule has 17 heavy (non-hydrogen) atoms. The van der Waals surface area contributed by atoms with Crippen LogP contribution in [0.15, 0.2) is 24.3 Å². The Morgan fingerprint density at radius 2 is 1.88 bits per heavy atom. The van der Waals surface area contributed by atoms with E-state index >= 15 is 0 Å². The number of carboxylic acids is 1. The van der Waals surface area contributed by atoms with Crippen molar-refractivity contribution in [3.63, 3.8) is 0 Å². The zero-order valence-electron chi connectivity index (χ0n) is 9.77. The van der Waals surface area contributed by atoms with Crippen LogP contribution in [0.2, 0.25) is 5.02 Å². The number of hydrogen-bond donors (Lipinski definition) is 1. The zero-order chi connectivity index (χ0) is 13.1. The molecule has 1 unspecified atom stereocenters. The zero-order valence-corrected chi connectivity index (χ0v) is 11.3. The Bertz CT molecular complexity index is 426. The first-order valence-electron chi connectivity index (χ1n) is 5.14. The lowest BCUT2D eigenvalue weighted by Crippen LogP contribution is -2.30. The topological polar surface area (TPSA) is 54.4 Å². The Hall–Kier alpha value is -0.870. The molecule has 0 spiro atoms. The molecule has 0 amide bonds. The van der Waals surface area contributed by atoms with Gasteiger partial charge >= 0.3 is 5.97 Å². The van der Waals surface area contributed by atoms with Crippen LogP contribution < -0.4 is 0 Å². The van der Waals surface area contributed by atoms with Crippen LogP contribution in [-0.4, -0.2) is 21.0 Å². The van der Waals surface area contributed by atoms with Gasteiger partial charge in [0.05, 0.1) is 5.41 Å². The molecule has 0 fully saturated rings. The number of halogens is 1. The lowest BCUT2D eigenvalue weighted by atomic mass is 9.97. The molecule has 0 aliphatic carbocycles. The van der Waals surface area contributed by atoms with Crippen molar-refractivity contribution < 1.29 is 14.1 Å². The van der Waals surface area contributed by atoms with Gasteiger partial charge in [0, 0.05) is 27.3 Å². The van der Waals surface area contributed by atoms with Gasteiger partial charge in [-0.2, -0.15) is 0 Å². The minimum Gasteiger partial charge on any atom is -0.481 e. The number of carboxylic acid groups (broad SMARTS) is 1. The summed E-state index contributed by atoms with van der Waals surface area (Å²) in [6, 6.07) is 7.06. The molecule has 0 heterocycles. The van der Waals surface area contributed by atoms with Gasteiger partial charge in [-0.15, -0.1) is 0 Å². The Labute approximate surface area is 108 Å². The van der Waals surface area contributed by atoms with Crippen LogP contribution >= 0.6 is 11.6 Å². The lowest BCUT2D eigenvalue weighted by Gasteiger charge is -2.18. The van der Waals surface area contributed by atoms with E-state index < -0.39 is 22.2 Å². The fraction of sp³-hybridized carbons (Fsp3) is 0.417. The maximum atomic E-state index is 11.8. The predicted octanol–water partition coefficient (Wildman–Crippen LogP) is 2.70. The van der Waals surface area contributed by atoms with Crippen molar-refractivity contribution >= 4 is 28.4 Å². The number of rotatable bonds is 5. The fourth-order valence-electron chi connectivity index (χ4n) is 1.28. The summed E-state index contributed by atoms with van der Waals surface area (Å²) in [6.07, 6.45) is 0. The Morgan fingerprint density at radius 1 is 1.35 bits per heavy atom. The van der Waals surface area contributed by atoms with E-state index in [1.807, 2.05) is 0 Å². The van der Waals surface area contributed by atoms with Crippen molar-refractivity contribution in [1.29, 1.82) is 0 Å². The van der Waals surface area contributed by atoms with Gasteiger partial charge in [0.1, 0.15) is 0 Å². The molecular weight excluding hydrogens is 260 g/mol. The summed E-state index contributed by atoms with van der Waals surface area (Å²) in [5, 5.41) is 9.57. The third-order valence-electron chi connectivity index (χ3n) is 2.34. The molecule has 1 aromatic rings. The summed E-state index contributed by atoms with van der Waals surface area (Å²) in [6.45, 7) is 3.16. The second-order valence-corrected chi connectivity index (χ2v) is 6.44. The molecule has 0 aliphatic rings. The fourth-order valence-corrected chi connectivity index (χ4v) is 3.00. The minimum atomic E-state index is -1.19. The summed E-state index contributed by atoms with van der Waals surface area (Å²) in [5.74, 6) is -0.430. The van der Waals surface area contributed by atoms with Crippen LogP contribution in [0.25, 0.3) is 0 Å². The van der Waals surface area contributed by atoms with E-state index in [1.54, 1.807) is 38.1 Å². The standard InChI is InChI=1S/C12H15ClO3S/c1-12(2,11(14)15)8-17(16)7-9-3-5-10(13)6-4-9/h3-6H,7-8H2,1-2H3,(H,14,15). The van der Waals surface area contributed by atoms with E-state index in [-0.39, 0.29) is 5.75 Å². The van der Waals surface area contributed by atoms with Crippen LogP contribution in [0.1, 0.15) is 19.4 Å². The highest BCUT2D eigenvalue weighted by Crippen LogP contribution is 2.19. The monoisotopic (exact) mass is 274 g/mol. The first-order valence-corrected chi connectivity index (χ1v) is 7.01. The number of hydrogen-bond acceptors (Lipinski definition) is 2. The molecule has 0 saturated heterocycles. The van der Waals surface area contributed by atoms with Crippen molar-refractivity contribution in [2.75, 3.05) is 5.75 Å². The van der Waals surface area contributed by atoms with Crippen LogP contribution in [0, 0.1) is 5.41 Å². The Kier molecular flexibility index (Phi) is 4.71. The molecule has 1 rings (SSSR count). The van der Waals surface area contributed by atoms with Crippen molar-refractivity contribution in [1.82, 2.24) is 0 Å². The number of aliphatic carboxylic acids is 1. The van der Waals surface area contributed by atoms with Crippen molar-refractivity contribution in [2.24, 2.45) is 5.41 Å². The molecular formula is C12H15ClO3S. The summed E-state index contributed by atoms with van der Waals surface area (Å²) in [4.78, 5) is 10.9. The third kappa shape index (κ3) is 4.48. The SMILES string of the molecule is CC(C)(CS(=O)Cc1ccc(Cl)cc1)C(=O)O. The summed E-state index contributed by atoms with van der Waals surface area (Å²) in [7, 11) is -1.19. The highest BCUT2D eigenvalue weighted by molar-refractivity contribution is 7.84. The van der Waals surface area contributed by atoms with E-state index in [1.165, 1.54) is 0 Å². The lowest BCUT2D eigenvalue weighted by molar-refractivity contribution is -0.145. The molecule has 94 valence electrons. The van der Waals surface area contributed by atoms with Gasteiger partial charge < -0.3 is 5.11 Å². The average molecular weight is 275 g/mol. The summed E-state index contributed by atoms with van der Waals surface area (Å²) < 4.78 is 11.8. The second kappa shape index (κ2) is 5.65. The summed E-state index contributed by atoms with van der Waals surface area (Å²) >= 11 is 5.74. The van der Waals surface area contributed by atoms with E-state index in [9.17, 15) is 9.00 Å². The molecule has 0 bridgehead atoms. The molecule has 0 saturated carbocycles. The molecule has 0 radical (unpaired) electrons. The van der Waals surface area contributed by atoms with Gasteiger partial charge in [-0.1, -0.05) is 23.7 Å². The minimum absolute atomic E-state index is 0.144. The maximum Gasteiger partial charge on any atom is 0.310 e. The van der Waals surface area contributed by atoms with Crippen LogP contribution in [0.5, 0.6) is 0 Å². The van der Waals surface area contributed by atoms with E-state index in [2.05, 4.69) is 0 Å². The average Bonchev–Trinajstić information content (AvgIpc) is 2.20. The number of benzene rings is 1. The molecule has 1 N–H and O–H groups in total. The largest absolute Gasteiger partial charge is 0.481 e. The predicted molar refractivity (Wildman–Crippen MR) is 69.6 cm³/mol. The van der Waals surface area contributed by atoms with Crippen LogP contribution in [0.4, 0.5) is 0 Å². The van der Waals surface area contributed by atoms with Gasteiger partial charge in [0.2, 0.25) is 0 Å². The van der Waals surface area contributed by atoms with E-state index in [0.717, 1.165) is 5.56 Å². The molecule has 3 nitrogen and oxygen atoms in total. The van der Waals surface area contributed by atoms with Crippen molar-refractivity contribution in [3.05, 3.63) is 34.9 Å². The Morgan fingerprint density at radius 3 is 2.35 bits per heavy atom. The van der Waals surface area contributed by atoms with Crippen LogP contribution in [-0.2, 0) is 21.3 Å². The summed E-state index contributed by atoms with van der Waals surface area (Å²) in [5.41, 5.74) is -0.0639. The van der Waals surface area contributed by atoms with Crippen molar-refractivity contribution in [3.8, 4) is 0 Å². The van der Waals surface area contributed by atoms with E-state index in [4.69, 9.17) is 16.7 Å².